The Balaban J connectivity index is 1.22. The largest absolute Gasteiger partial charge is 0.487 e. The van der Waals surface area contributed by atoms with Crippen molar-refractivity contribution in [2.45, 2.75) is 117 Å². The maximum absolute atomic E-state index is 13.5. The van der Waals surface area contributed by atoms with Crippen LogP contribution < -0.4 is 0 Å². The number of Topliss-reactive ketones (excluding diaryl/α,β-unsaturated/α-hetero) is 1. The van der Waals surface area contributed by atoms with Crippen molar-refractivity contribution in [3.05, 3.63) is 23.2 Å². The quantitative estimate of drug-likeness (QED) is 0.346. The third-order valence-corrected chi connectivity index (χ3v) is 12.0. The van der Waals surface area contributed by atoms with Crippen LogP contribution in [0.3, 0.4) is 0 Å². The highest BCUT2D eigenvalue weighted by atomic mass is 32.1. The van der Waals surface area contributed by atoms with Crippen LogP contribution in [0.4, 0.5) is 0 Å². The average molecular weight is 571 g/mol. The molecule has 0 radical (unpaired) electrons. The predicted molar refractivity (Wildman–Crippen MR) is 155 cm³/mol. The van der Waals surface area contributed by atoms with E-state index in [4.69, 9.17) is 26.4 Å². The zero-order chi connectivity index (χ0) is 28.2. The van der Waals surface area contributed by atoms with Gasteiger partial charge in [0.1, 0.15) is 5.78 Å². The molecule has 3 unspecified atom stereocenters. The number of aliphatic hydroxyl groups excluding tert-OH is 1. The van der Waals surface area contributed by atoms with Crippen LogP contribution in [0, 0.1) is 40.4 Å². The Kier molecular flexibility index (Phi) is 7.69. The summed E-state index contributed by atoms with van der Waals surface area (Å²) < 4.78 is 18.6. The molecular formula is C33H46O6S. The molecule has 6 nitrogen and oxygen atoms in total. The summed E-state index contributed by atoms with van der Waals surface area (Å²) in [6.45, 7) is 6.84. The van der Waals surface area contributed by atoms with Crippen LogP contribution >= 0.6 is 12.2 Å². The number of aliphatic hydroxyl groups is 1. The minimum absolute atomic E-state index is 0.0546. The molecular weight excluding hydrogens is 524 g/mol. The Morgan fingerprint density at radius 2 is 1.88 bits per heavy atom. The van der Waals surface area contributed by atoms with Crippen molar-refractivity contribution in [2.24, 2.45) is 40.4 Å². The molecule has 6 aliphatic rings. The maximum Gasteiger partial charge on any atom is 0.244 e. The highest BCUT2D eigenvalue weighted by molar-refractivity contribution is 7.80. The van der Waals surface area contributed by atoms with Crippen molar-refractivity contribution in [2.75, 3.05) is 6.61 Å². The van der Waals surface area contributed by atoms with Crippen molar-refractivity contribution in [3.63, 3.8) is 0 Å². The predicted octanol–water partition coefficient (Wildman–Crippen LogP) is 6.59. The van der Waals surface area contributed by atoms with Gasteiger partial charge in [-0.1, -0.05) is 38.7 Å². The summed E-state index contributed by atoms with van der Waals surface area (Å²) in [7, 11) is 0. The Hall–Kier alpha value is -1.73. The first kappa shape index (κ1) is 28.4. The van der Waals surface area contributed by atoms with E-state index in [-0.39, 0.29) is 34.7 Å². The zero-order valence-electron chi connectivity index (χ0n) is 24.4. The molecule has 0 bridgehead atoms. The Labute approximate surface area is 244 Å². The summed E-state index contributed by atoms with van der Waals surface area (Å²) in [6.07, 6.45) is 12.8. The normalized spacial score (nSPS) is 40.7. The number of carbonyl (C=O) groups is 2. The molecule has 1 aliphatic heterocycles. The van der Waals surface area contributed by atoms with E-state index in [0.29, 0.717) is 47.9 Å². The molecule has 40 heavy (non-hydrogen) atoms. The lowest BCUT2D eigenvalue weighted by Crippen LogP contribution is -2.57. The first-order valence-electron chi connectivity index (χ1n) is 15.9. The third-order valence-electron chi connectivity index (χ3n) is 11.7. The molecule has 8 atom stereocenters. The molecule has 6 rings (SSSR count). The van der Waals surface area contributed by atoms with Crippen molar-refractivity contribution in [1.82, 2.24) is 0 Å². The van der Waals surface area contributed by atoms with Gasteiger partial charge in [-0.15, -0.1) is 0 Å². The van der Waals surface area contributed by atoms with Gasteiger partial charge in [0.2, 0.25) is 17.8 Å². The fourth-order valence-electron chi connectivity index (χ4n) is 9.84. The lowest BCUT2D eigenvalue weighted by molar-refractivity contribution is -0.147. The third kappa shape index (κ3) is 4.49. The molecule has 220 valence electrons. The number of fused-ring (bicyclic) bond motifs is 6. The molecule has 0 spiro atoms. The van der Waals surface area contributed by atoms with E-state index in [0.717, 1.165) is 56.9 Å². The number of hydrogen-bond donors (Lipinski definition) is 1. The fourth-order valence-corrected chi connectivity index (χ4v) is 10.1. The Morgan fingerprint density at radius 3 is 2.62 bits per heavy atom. The molecule has 0 amide bonds. The fraction of sp³-hybridized carbons (Fsp3) is 0.788. The summed E-state index contributed by atoms with van der Waals surface area (Å²) in [6, 6.07) is 0. The minimum Gasteiger partial charge on any atom is -0.487 e. The van der Waals surface area contributed by atoms with Gasteiger partial charge >= 0.3 is 0 Å². The van der Waals surface area contributed by atoms with Crippen molar-refractivity contribution in [1.29, 1.82) is 0 Å². The molecule has 7 heteroatoms. The number of carbonyl (C=O) groups excluding carboxylic acids is 2. The molecule has 4 saturated carbocycles. The Bertz CT molecular complexity index is 1120. The van der Waals surface area contributed by atoms with Crippen LogP contribution in [0.1, 0.15) is 104 Å². The molecule has 4 fully saturated rings. The molecule has 1 heterocycles. The van der Waals surface area contributed by atoms with Gasteiger partial charge < -0.3 is 19.3 Å². The van der Waals surface area contributed by atoms with Gasteiger partial charge in [0.15, 0.2) is 10.8 Å². The van der Waals surface area contributed by atoms with Crippen molar-refractivity contribution in [3.8, 4) is 0 Å². The van der Waals surface area contributed by atoms with E-state index in [1.165, 1.54) is 19.3 Å². The summed E-state index contributed by atoms with van der Waals surface area (Å²) in [5.41, 5.74) is 0.290. The Morgan fingerprint density at radius 1 is 1.10 bits per heavy atom. The number of allylic oxidation sites excluding steroid dienone is 2. The molecule has 0 aromatic rings. The first-order chi connectivity index (χ1) is 19.2. The molecule has 0 saturated heterocycles. The number of hydrogen-bond acceptors (Lipinski definition) is 7. The number of ether oxygens (including phenoxy) is 3. The summed E-state index contributed by atoms with van der Waals surface area (Å²) in [4.78, 5) is 26.7. The van der Waals surface area contributed by atoms with Gasteiger partial charge in [-0.05, 0) is 93.8 Å². The number of ketones is 2. The van der Waals surface area contributed by atoms with E-state index < -0.39 is 17.8 Å². The second-order valence-corrected chi connectivity index (χ2v) is 14.3. The van der Waals surface area contributed by atoms with Crippen LogP contribution in [-0.2, 0) is 23.8 Å². The molecule has 0 aromatic heterocycles. The highest BCUT2D eigenvalue weighted by Gasteiger charge is 2.65. The van der Waals surface area contributed by atoms with Crippen LogP contribution in [-0.4, -0.2) is 40.7 Å². The van der Waals surface area contributed by atoms with Crippen molar-refractivity contribution < 1.29 is 28.9 Å². The number of thiocarbonyl (C=S) groups is 1. The van der Waals surface area contributed by atoms with Crippen LogP contribution in [0.15, 0.2) is 23.2 Å². The van der Waals surface area contributed by atoms with E-state index in [1.807, 2.05) is 0 Å². The monoisotopic (exact) mass is 570 g/mol. The van der Waals surface area contributed by atoms with E-state index in [9.17, 15) is 14.7 Å². The second-order valence-electron chi connectivity index (χ2n) is 13.8. The minimum atomic E-state index is -0.582. The maximum atomic E-state index is 13.5. The highest BCUT2D eigenvalue weighted by Crippen LogP contribution is 2.68. The average Bonchev–Trinajstić information content (AvgIpc) is 3.53. The smallest absolute Gasteiger partial charge is 0.244 e. The zero-order valence-corrected chi connectivity index (χ0v) is 25.2. The van der Waals surface area contributed by atoms with Crippen LogP contribution in [0.25, 0.3) is 0 Å². The van der Waals surface area contributed by atoms with Gasteiger partial charge in [-0.25, -0.2) is 0 Å². The second kappa shape index (κ2) is 10.8. The van der Waals surface area contributed by atoms with Gasteiger partial charge in [-0.3, -0.25) is 9.59 Å². The summed E-state index contributed by atoms with van der Waals surface area (Å²) in [5, 5.41) is 12.5. The lowest BCUT2D eigenvalue weighted by Gasteiger charge is -2.59. The summed E-state index contributed by atoms with van der Waals surface area (Å²) in [5.74, 6) is 2.02. The number of rotatable bonds is 7. The summed E-state index contributed by atoms with van der Waals surface area (Å²) >= 11 is 5.26. The molecule has 1 N–H and O–H groups in total. The molecule has 5 aliphatic carbocycles. The van der Waals surface area contributed by atoms with E-state index in [1.54, 1.807) is 6.08 Å². The SMILES string of the molecule is CCCC(=S)OCCC(=O)[C@H]1CCC2C3CCC4=CC(=O)C5=C(O[C@@H](C6CCCCC6)O5)[C@]4(C)C3[C@@H](O)C[C@@]21C. The van der Waals surface area contributed by atoms with Gasteiger partial charge in [-0.2, -0.15) is 0 Å². The van der Waals surface area contributed by atoms with Gasteiger partial charge in [0.25, 0.3) is 0 Å². The van der Waals surface area contributed by atoms with Crippen LogP contribution in [0.2, 0.25) is 0 Å². The standard InChI is InChI=1S/C33H46O6S/c1-4-8-27(40)37-16-15-24(34)23-14-13-22-21-12-11-20-17-25(35)29-30(39-31(38-29)19-9-6-5-7-10-19)33(20,3)28(21)26(36)18-32(22,23)2/h17,19,21-23,26,28,31,36H,4-16,18H2,1-3H3/t21?,22?,23-,26+,28?,31+,32+,33+/m1/s1. The lowest BCUT2D eigenvalue weighted by atomic mass is 9.46. The topological polar surface area (TPSA) is 82.1 Å². The van der Waals surface area contributed by atoms with Crippen LogP contribution in [0.5, 0.6) is 0 Å². The van der Waals surface area contributed by atoms with E-state index >= 15 is 0 Å². The first-order valence-corrected chi connectivity index (χ1v) is 16.3. The van der Waals surface area contributed by atoms with Crippen molar-refractivity contribution >= 4 is 28.8 Å². The molecule has 0 aromatic carbocycles. The van der Waals surface area contributed by atoms with Gasteiger partial charge in [0.05, 0.1) is 18.1 Å². The van der Waals surface area contributed by atoms with Gasteiger partial charge in [0, 0.05) is 30.6 Å². The van der Waals surface area contributed by atoms with E-state index in [2.05, 4.69) is 20.8 Å².